The van der Waals surface area contributed by atoms with Gasteiger partial charge in [0.05, 0.1) is 12.0 Å². The normalized spacial score (nSPS) is 37.2. The first kappa shape index (κ1) is 14.8. The van der Waals surface area contributed by atoms with E-state index in [9.17, 15) is 19.8 Å². The Morgan fingerprint density at radius 3 is 2.80 bits per heavy atom. The molecule has 0 aromatic rings. The van der Waals surface area contributed by atoms with Crippen molar-refractivity contribution in [2.75, 3.05) is 0 Å². The smallest absolute Gasteiger partial charge is 0.331 e. The minimum absolute atomic E-state index is 0.153. The Hall–Kier alpha value is -1.62. The molecule has 0 aromatic heterocycles. The summed E-state index contributed by atoms with van der Waals surface area (Å²) in [6.07, 6.45) is 3.55. The highest BCUT2D eigenvalue weighted by Gasteiger charge is 2.45. The number of allylic oxidation sites excluding steroid dienone is 2. The lowest BCUT2D eigenvalue weighted by molar-refractivity contribution is -0.144. The van der Waals surface area contributed by atoms with Crippen molar-refractivity contribution >= 4 is 11.9 Å². The van der Waals surface area contributed by atoms with Crippen LogP contribution in [-0.2, 0) is 14.3 Å². The van der Waals surface area contributed by atoms with Gasteiger partial charge in [0.25, 0.3) is 0 Å². The van der Waals surface area contributed by atoms with Crippen LogP contribution in [0.2, 0.25) is 0 Å². The number of fused-ring (bicyclic) bond motifs is 1. The lowest BCUT2D eigenvalue weighted by Crippen LogP contribution is -2.32. The molecular formula is C15H20O5. The van der Waals surface area contributed by atoms with E-state index in [1.54, 1.807) is 19.1 Å². The topological polar surface area (TPSA) is 83.8 Å². The van der Waals surface area contributed by atoms with E-state index < -0.39 is 30.0 Å². The van der Waals surface area contributed by atoms with E-state index in [2.05, 4.69) is 0 Å². The number of aliphatic hydroxyl groups excluding tert-OH is 1. The number of hydrogen-bond donors (Lipinski definition) is 2. The molecule has 1 fully saturated rings. The van der Waals surface area contributed by atoms with Crippen LogP contribution < -0.4 is 0 Å². The standard InChI is InChI=1S/C15H20O5/c1-8-4-3-5-10(14(17)18)7-12-13(11(16)6-8)9(2)15(19)20-12/h5-6,9,11-13,16H,3-4,7H2,1-2H3,(H,17,18)/b8-6+,10-5?/t9-,11+,12-,13-/m1/s1. The highest BCUT2D eigenvalue weighted by molar-refractivity contribution is 5.87. The number of carboxylic acid groups (broad SMARTS) is 1. The summed E-state index contributed by atoms with van der Waals surface area (Å²) < 4.78 is 5.26. The Morgan fingerprint density at radius 1 is 1.45 bits per heavy atom. The molecule has 2 rings (SSSR count). The van der Waals surface area contributed by atoms with Gasteiger partial charge in [0.1, 0.15) is 6.10 Å². The number of carboxylic acids is 1. The van der Waals surface area contributed by atoms with E-state index >= 15 is 0 Å². The van der Waals surface area contributed by atoms with Gasteiger partial charge >= 0.3 is 11.9 Å². The largest absolute Gasteiger partial charge is 0.478 e. The molecule has 0 radical (unpaired) electrons. The number of esters is 1. The van der Waals surface area contributed by atoms with Crippen molar-refractivity contribution in [3.8, 4) is 0 Å². The second-order valence-corrected chi connectivity index (χ2v) is 5.62. The Labute approximate surface area is 117 Å². The minimum Gasteiger partial charge on any atom is -0.478 e. The van der Waals surface area contributed by atoms with Crippen molar-refractivity contribution in [3.05, 3.63) is 23.3 Å². The number of hydrogen-bond acceptors (Lipinski definition) is 4. The molecule has 0 spiro atoms. The first-order chi connectivity index (χ1) is 9.40. The fraction of sp³-hybridized carbons (Fsp3) is 0.600. The summed E-state index contributed by atoms with van der Waals surface area (Å²) in [6, 6.07) is 0. The Kier molecular flexibility index (Phi) is 4.28. The predicted molar refractivity (Wildman–Crippen MR) is 71.9 cm³/mol. The Morgan fingerprint density at radius 2 is 2.15 bits per heavy atom. The summed E-state index contributed by atoms with van der Waals surface area (Å²) in [5, 5.41) is 19.5. The number of carbonyl (C=O) groups excluding carboxylic acids is 1. The minimum atomic E-state index is -0.990. The maximum absolute atomic E-state index is 11.7. The number of carbonyl (C=O) groups is 2. The second-order valence-electron chi connectivity index (χ2n) is 5.62. The maximum atomic E-state index is 11.7. The van der Waals surface area contributed by atoms with Crippen molar-refractivity contribution < 1.29 is 24.5 Å². The third-order valence-corrected chi connectivity index (χ3v) is 4.12. The van der Waals surface area contributed by atoms with Gasteiger partial charge in [0.15, 0.2) is 0 Å². The van der Waals surface area contributed by atoms with Gasteiger partial charge < -0.3 is 14.9 Å². The molecule has 2 N–H and O–H groups in total. The number of aliphatic hydroxyl groups is 1. The molecule has 4 atom stereocenters. The van der Waals surface area contributed by atoms with E-state index in [-0.39, 0.29) is 18.0 Å². The highest BCUT2D eigenvalue weighted by atomic mass is 16.6. The average Bonchev–Trinajstić information content (AvgIpc) is 2.63. The van der Waals surface area contributed by atoms with Crippen LogP contribution in [0.5, 0.6) is 0 Å². The Balaban J connectivity index is 2.35. The average molecular weight is 280 g/mol. The fourth-order valence-corrected chi connectivity index (χ4v) is 2.94. The molecule has 20 heavy (non-hydrogen) atoms. The summed E-state index contributed by atoms with van der Waals surface area (Å²) >= 11 is 0. The molecule has 0 amide bonds. The summed E-state index contributed by atoms with van der Waals surface area (Å²) in [6.45, 7) is 3.62. The zero-order chi connectivity index (χ0) is 14.9. The van der Waals surface area contributed by atoms with Gasteiger partial charge in [-0.1, -0.05) is 24.6 Å². The SMILES string of the molecule is C/C1=C\[C@H](O)[C@@H]2[C@@H](CC(C(=O)O)=CCC1)OC(=O)[C@@H]2C. The third-order valence-electron chi connectivity index (χ3n) is 4.12. The van der Waals surface area contributed by atoms with Gasteiger partial charge in [-0.2, -0.15) is 0 Å². The van der Waals surface area contributed by atoms with Gasteiger partial charge in [-0.25, -0.2) is 4.79 Å². The van der Waals surface area contributed by atoms with Crippen LogP contribution in [0.3, 0.4) is 0 Å². The van der Waals surface area contributed by atoms with Gasteiger partial charge in [0, 0.05) is 17.9 Å². The van der Waals surface area contributed by atoms with Crippen LogP contribution in [0, 0.1) is 11.8 Å². The summed E-state index contributed by atoms with van der Waals surface area (Å²) in [5.74, 6) is -2.17. The van der Waals surface area contributed by atoms with Gasteiger partial charge in [-0.05, 0) is 19.8 Å². The van der Waals surface area contributed by atoms with E-state index in [0.717, 1.165) is 5.57 Å². The van der Waals surface area contributed by atoms with Crippen LogP contribution in [0.25, 0.3) is 0 Å². The first-order valence-corrected chi connectivity index (χ1v) is 6.88. The van der Waals surface area contributed by atoms with Crippen LogP contribution in [0.15, 0.2) is 23.3 Å². The molecule has 5 nitrogen and oxygen atoms in total. The van der Waals surface area contributed by atoms with E-state index in [1.165, 1.54) is 0 Å². The molecule has 0 aromatic carbocycles. The lowest BCUT2D eigenvalue weighted by Gasteiger charge is -2.24. The molecule has 0 bridgehead atoms. The van der Waals surface area contributed by atoms with Crippen molar-refractivity contribution in [1.29, 1.82) is 0 Å². The van der Waals surface area contributed by atoms with Crippen LogP contribution >= 0.6 is 0 Å². The zero-order valence-electron chi connectivity index (χ0n) is 11.7. The second kappa shape index (κ2) is 5.79. The molecule has 0 saturated carbocycles. The van der Waals surface area contributed by atoms with Crippen molar-refractivity contribution in [1.82, 2.24) is 0 Å². The van der Waals surface area contributed by atoms with Crippen LogP contribution in [0.1, 0.15) is 33.1 Å². The van der Waals surface area contributed by atoms with Crippen molar-refractivity contribution in [2.45, 2.75) is 45.3 Å². The molecule has 110 valence electrons. The highest BCUT2D eigenvalue weighted by Crippen LogP contribution is 2.36. The lowest BCUT2D eigenvalue weighted by atomic mass is 9.82. The molecule has 2 aliphatic rings. The quantitative estimate of drug-likeness (QED) is 0.564. The van der Waals surface area contributed by atoms with Crippen molar-refractivity contribution in [3.63, 3.8) is 0 Å². The molecule has 0 unspecified atom stereocenters. The summed E-state index contributed by atoms with van der Waals surface area (Å²) in [5.41, 5.74) is 1.24. The molecule has 1 aliphatic heterocycles. The van der Waals surface area contributed by atoms with Gasteiger partial charge in [-0.3, -0.25) is 4.79 Å². The molecular weight excluding hydrogens is 260 g/mol. The summed E-state index contributed by atoms with van der Waals surface area (Å²) in [7, 11) is 0. The monoisotopic (exact) mass is 280 g/mol. The number of rotatable bonds is 1. The zero-order valence-corrected chi connectivity index (χ0v) is 11.7. The van der Waals surface area contributed by atoms with Crippen LogP contribution in [0.4, 0.5) is 0 Å². The van der Waals surface area contributed by atoms with Gasteiger partial charge in [0.2, 0.25) is 0 Å². The molecule has 1 saturated heterocycles. The molecule has 1 aliphatic carbocycles. The predicted octanol–water partition coefficient (Wildman–Crippen LogP) is 1.67. The summed E-state index contributed by atoms with van der Waals surface area (Å²) in [4.78, 5) is 23.0. The number of ether oxygens (including phenoxy) is 1. The van der Waals surface area contributed by atoms with E-state index in [0.29, 0.717) is 12.8 Å². The van der Waals surface area contributed by atoms with Crippen LogP contribution in [-0.4, -0.2) is 34.4 Å². The Bertz CT molecular complexity index is 477. The van der Waals surface area contributed by atoms with E-state index in [4.69, 9.17) is 4.74 Å². The third kappa shape index (κ3) is 2.93. The molecule has 5 heteroatoms. The first-order valence-electron chi connectivity index (χ1n) is 6.88. The fourth-order valence-electron chi connectivity index (χ4n) is 2.94. The molecule has 1 heterocycles. The number of aliphatic carboxylic acids is 1. The van der Waals surface area contributed by atoms with Gasteiger partial charge in [-0.15, -0.1) is 0 Å². The maximum Gasteiger partial charge on any atom is 0.331 e. The van der Waals surface area contributed by atoms with Crippen molar-refractivity contribution in [2.24, 2.45) is 11.8 Å². The van der Waals surface area contributed by atoms with E-state index in [1.807, 2.05) is 6.92 Å².